The van der Waals surface area contributed by atoms with Crippen LogP contribution in [0, 0.1) is 11.8 Å². The first-order chi connectivity index (χ1) is 13.8. The first-order valence-corrected chi connectivity index (χ1v) is 10.5. The van der Waals surface area contributed by atoms with Crippen LogP contribution < -0.4 is 10.6 Å². The van der Waals surface area contributed by atoms with Crippen molar-refractivity contribution in [3.05, 3.63) is 35.9 Å². The molecule has 7 heteroatoms. The van der Waals surface area contributed by atoms with Gasteiger partial charge in [0.2, 0.25) is 0 Å². The van der Waals surface area contributed by atoms with Gasteiger partial charge in [-0.05, 0) is 45.1 Å². The molecular weight excluding hydrogens is 370 g/mol. The van der Waals surface area contributed by atoms with Crippen molar-refractivity contribution in [2.75, 3.05) is 26.2 Å². The predicted octanol–water partition coefficient (Wildman–Crippen LogP) is 3.15. The number of nitrogens with zero attached hydrogens (tertiary/aromatic N) is 1. The maximum atomic E-state index is 12.6. The number of piperidine rings is 1. The second kappa shape index (κ2) is 9.48. The molecule has 2 aliphatic rings. The molecule has 160 valence electrons. The fraction of sp³-hybridized carbons (Fsp3) is 0.636. The SMILES string of the molecule is CC(C)(C)OC(=O)N[C@@H](C1CNC1)[C@H]1CCCN(C(=O)OCc2ccccc2)C1. The van der Waals surface area contributed by atoms with Crippen LogP contribution in [0.3, 0.4) is 0 Å². The topological polar surface area (TPSA) is 79.9 Å². The lowest BCUT2D eigenvalue weighted by molar-refractivity contribution is 0.0365. The van der Waals surface area contributed by atoms with Crippen LogP contribution in [0.25, 0.3) is 0 Å². The van der Waals surface area contributed by atoms with Gasteiger partial charge in [0, 0.05) is 38.1 Å². The van der Waals surface area contributed by atoms with E-state index >= 15 is 0 Å². The maximum Gasteiger partial charge on any atom is 0.410 e. The number of amides is 2. The second-order valence-electron chi connectivity index (χ2n) is 8.98. The van der Waals surface area contributed by atoms with Crippen molar-refractivity contribution >= 4 is 12.2 Å². The van der Waals surface area contributed by atoms with E-state index in [-0.39, 0.29) is 24.7 Å². The van der Waals surface area contributed by atoms with Gasteiger partial charge < -0.3 is 25.0 Å². The summed E-state index contributed by atoms with van der Waals surface area (Å²) in [5, 5.41) is 6.36. The molecule has 2 fully saturated rings. The smallest absolute Gasteiger partial charge is 0.410 e. The number of benzene rings is 1. The lowest BCUT2D eigenvalue weighted by atomic mass is 9.80. The number of alkyl carbamates (subject to hydrolysis) is 1. The summed E-state index contributed by atoms with van der Waals surface area (Å²) < 4.78 is 11.0. The van der Waals surface area contributed by atoms with Crippen LogP contribution in [0.5, 0.6) is 0 Å². The number of hydrogen-bond acceptors (Lipinski definition) is 5. The molecular formula is C22H33N3O4. The van der Waals surface area contributed by atoms with Crippen molar-refractivity contribution in [3.63, 3.8) is 0 Å². The minimum absolute atomic E-state index is 0.0178. The Balaban J connectivity index is 1.57. The average Bonchev–Trinajstić information content (AvgIpc) is 2.63. The molecule has 2 N–H and O–H groups in total. The minimum atomic E-state index is -0.535. The van der Waals surface area contributed by atoms with Gasteiger partial charge in [0.1, 0.15) is 12.2 Å². The van der Waals surface area contributed by atoms with E-state index in [2.05, 4.69) is 10.6 Å². The molecule has 3 rings (SSSR count). The summed E-state index contributed by atoms with van der Waals surface area (Å²) in [5.74, 6) is 0.542. The van der Waals surface area contributed by atoms with E-state index in [0.717, 1.165) is 31.5 Å². The molecule has 7 nitrogen and oxygen atoms in total. The summed E-state index contributed by atoms with van der Waals surface area (Å²) >= 11 is 0. The van der Waals surface area contributed by atoms with Gasteiger partial charge in [0.15, 0.2) is 0 Å². The van der Waals surface area contributed by atoms with E-state index < -0.39 is 11.7 Å². The van der Waals surface area contributed by atoms with Crippen LogP contribution in [-0.2, 0) is 16.1 Å². The number of rotatable bonds is 5. The van der Waals surface area contributed by atoms with Crippen molar-refractivity contribution in [3.8, 4) is 0 Å². The number of hydrogen-bond donors (Lipinski definition) is 2. The molecule has 0 radical (unpaired) electrons. The van der Waals surface area contributed by atoms with E-state index in [1.54, 1.807) is 4.90 Å². The Labute approximate surface area is 173 Å². The van der Waals surface area contributed by atoms with Crippen molar-refractivity contribution < 1.29 is 19.1 Å². The minimum Gasteiger partial charge on any atom is -0.445 e. The zero-order valence-corrected chi connectivity index (χ0v) is 17.6. The molecule has 2 heterocycles. The van der Waals surface area contributed by atoms with Gasteiger partial charge in [-0.25, -0.2) is 9.59 Å². The third-order valence-electron chi connectivity index (χ3n) is 5.43. The average molecular weight is 404 g/mol. The molecule has 0 aromatic heterocycles. The number of ether oxygens (including phenoxy) is 2. The van der Waals surface area contributed by atoms with Crippen LogP contribution in [0.2, 0.25) is 0 Å². The maximum absolute atomic E-state index is 12.6. The second-order valence-corrected chi connectivity index (χ2v) is 8.98. The highest BCUT2D eigenvalue weighted by Gasteiger charge is 2.38. The summed E-state index contributed by atoms with van der Waals surface area (Å²) in [4.78, 5) is 26.7. The van der Waals surface area contributed by atoms with Crippen LogP contribution in [-0.4, -0.2) is 54.9 Å². The summed E-state index contributed by atoms with van der Waals surface area (Å²) in [6, 6.07) is 9.66. The largest absolute Gasteiger partial charge is 0.445 e. The van der Waals surface area contributed by atoms with Gasteiger partial charge in [-0.1, -0.05) is 30.3 Å². The number of carbonyl (C=O) groups excluding carboxylic acids is 2. The van der Waals surface area contributed by atoms with Crippen molar-refractivity contribution in [2.24, 2.45) is 11.8 Å². The molecule has 0 unspecified atom stereocenters. The first kappa shape index (κ1) is 21.4. The van der Waals surface area contributed by atoms with Crippen LogP contribution in [0.1, 0.15) is 39.2 Å². The molecule has 2 aliphatic heterocycles. The van der Waals surface area contributed by atoms with E-state index in [0.29, 0.717) is 19.0 Å². The highest BCUT2D eigenvalue weighted by Crippen LogP contribution is 2.27. The fourth-order valence-electron chi connectivity index (χ4n) is 3.91. The van der Waals surface area contributed by atoms with Gasteiger partial charge in [-0.2, -0.15) is 0 Å². The number of likely N-dealkylation sites (tertiary alicyclic amines) is 1. The quantitative estimate of drug-likeness (QED) is 0.790. The molecule has 1 aromatic carbocycles. The molecule has 0 saturated carbocycles. The Hall–Kier alpha value is -2.28. The Morgan fingerprint density at radius 3 is 2.55 bits per heavy atom. The highest BCUT2D eigenvalue weighted by molar-refractivity contribution is 5.69. The van der Waals surface area contributed by atoms with Gasteiger partial charge in [-0.15, -0.1) is 0 Å². The first-order valence-electron chi connectivity index (χ1n) is 10.5. The van der Waals surface area contributed by atoms with Crippen molar-refractivity contribution in [2.45, 2.75) is 51.9 Å². The summed E-state index contributed by atoms with van der Waals surface area (Å²) in [7, 11) is 0. The van der Waals surface area contributed by atoms with E-state index in [9.17, 15) is 9.59 Å². The van der Waals surface area contributed by atoms with Crippen LogP contribution in [0.15, 0.2) is 30.3 Å². The molecule has 0 aliphatic carbocycles. The van der Waals surface area contributed by atoms with Crippen LogP contribution in [0.4, 0.5) is 9.59 Å². The van der Waals surface area contributed by atoms with Gasteiger partial charge in [-0.3, -0.25) is 0 Å². The third kappa shape index (κ3) is 6.35. The zero-order chi connectivity index (χ0) is 20.9. The summed E-state index contributed by atoms with van der Waals surface area (Å²) in [6.45, 7) is 8.86. The molecule has 29 heavy (non-hydrogen) atoms. The standard InChI is InChI=1S/C22H33N3O4/c1-22(2,3)29-20(26)24-19(18-12-23-13-18)17-10-7-11-25(14-17)21(27)28-15-16-8-5-4-6-9-16/h4-6,8-9,17-19,23H,7,10-15H2,1-3H3,(H,24,26)/t17-,19+/m0/s1. The lowest BCUT2D eigenvalue weighted by Crippen LogP contribution is -2.60. The molecule has 2 atom stereocenters. The molecule has 1 aromatic rings. The van der Waals surface area contributed by atoms with Crippen molar-refractivity contribution in [1.82, 2.24) is 15.5 Å². The third-order valence-corrected chi connectivity index (χ3v) is 5.43. The van der Waals surface area contributed by atoms with E-state index in [1.807, 2.05) is 51.1 Å². The number of nitrogens with one attached hydrogen (secondary N) is 2. The molecule has 2 saturated heterocycles. The summed E-state index contributed by atoms with van der Waals surface area (Å²) in [5.41, 5.74) is 0.436. The molecule has 0 bridgehead atoms. The van der Waals surface area contributed by atoms with Crippen molar-refractivity contribution in [1.29, 1.82) is 0 Å². The summed E-state index contributed by atoms with van der Waals surface area (Å²) in [6.07, 6.45) is 1.19. The number of carbonyl (C=O) groups is 2. The fourth-order valence-corrected chi connectivity index (χ4v) is 3.91. The highest BCUT2D eigenvalue weighted by atomic mass is 16.6. The van der Waals surface area contributed by atoms with E-state index in [4.69, 9.17) is 9.47 Å². The van der Waals surface area contributed by atoms with Gasteiger partial charge in [0.05, 0.1) is 0 Å². The van der Waals surface area contributed by atoms with Gasteiger partial charge >= 0.3 is 12.2 Å². The Morgan fingerprint density at radius 1 is 1.21 bits per heavy atom. The normalized spacial score (nSPS) is 21.1. The Morgan fingerprint density at radius 2 is 1.93 bits per heavy atom. The predicted molar refractivity (Wildman–Crippen MR) is 110 cm³/mol. The Kier molecular flexibility index (Phi) is 7.00. The Bertz CT molecular complexity index is 685. The lowest BCUT2D eigenvalue weighted by Gasteiger charge is -2.43. The van der Waals surface area contributed by atoms with Crippen LogP contribution >= 0.6 is 0 Å². The molecule has 2 amide bonds. The monoisotopic (exact) mass is 403 g/mol. The van der Waals surface area contributed by atoms with E-state index in [1.165, 1.54) is 0 Å². The zero-order valence-electron chi connectivity index (χ0n) is 17.6. The van der Waals surface area contributed by atoms with Gasteiger partial charge in [0.25, 0.3) is 0 Å². The molecule has 0 spiro atoms.